The summed E-state index contributed by atoms with van der Waals surface area (Å²) in [7, 11) is 0. The fourth-order valence-electron chi connectivity index (χ4n) is 2.97. The van der Waals surface area contributed by atoms with Crippen molar-refractivity contribution in [2.45, 2.75) is 26.3 Å². The van der Waals surface area contributed by atoms with E-state index >= 15 is 0 Å². The maximum absolute atomic E-state index is 4.73. The lowest BCUT2D eigenvalue weighted by atomic mass is 10.0. The average Bonchev–Trinajstić information content (AvgIpc) is 2.91. The Morgan fingerprint density at radius 2 is 2.12 bits per heavy atom. The third-order valence-corrected chi connectivity index (χ3v) is 5.11. The predicted octanol–water partition coefficient (Wildman–Crippen LogP) is 1.92. The third kappa shape index (κ3) is 2.39. The van der Waals surface area contributed by atoms with Gasteiger partial charge in [-0.25, -0.2) is 4.98 Å². The highest BCUT2D eigenvalue weighted by atomic mass is 32.1. The van der Waals surface area contributed by atoms with Crippen LogP contribution in [0.5, 0.6) is 0 Å². The molecule has 2 atom stereocenters. The van der Waals surface area contributed by atoms with E-state index in [-0.39, 0.29) is 0 Å². The number of fused-ring (bicyclic) bond motifs is 1. The lowest BCUT2D eigenvalue weighted by molar-refractivity contribution is 0.302. The molecule has 4 heteroatoms. The first-order valence-electron chi connectivity index (χ1n) is 6.59. The Morgan fingerprint density at radius 1 is 1.41 bits per heavy atom. The number of nitrogens with zero attached hydrogens (tertiary/aromatic N) is 2. The quantitative estimate of drug-likeness (QED) is 0.889. The van der Waals surface area contributed by atoms with Crippen LogP contribution in [0.25, 0.3) is 0 Å². The van der Waals surface area contributed by atoms with Gasteiger partial charge in [0.1, 0.15) is 0 Å². The summed E-state index contributed by atoms with van der Waals surface area (Å²) in [5, 5.41) is 7.00. The van der Waals surface area contributed by atoms with Crippen LogP contribution in [-0.4, -0.2) is 36.1 Å². The van der Waals surface area contributed by atoms with Crippen molar-refractivity contribution in [1.29, 1.82) is 0 Å². The molecule has 1 aromatic rings. The normalized spacial score (nSPS) is 29.1. The molecule has 3 heterocycles. The van der Waals surface area contributed by atoms with Crippen LogP contribution < -0.4 is 5.32 Å². The number of thiazole rings is 1. The van der Waals surface area contributed by atoms with Crippen LogP contribution in [0.3, 0.4) is 0 Å². The van der Waals surface area contributed by atoms with E-state index in [0.717, 1.165) is 18.4 Å². The van der Waals surface area contributed by atoms with Gasteiger partial charge in [-0.05, 0) is 24.9 Å². The SMILES string of the molecule is CC(C)c1nc(CN2CC3CNCC3C2)cs1. The summed E-state index contributed by atoms with van der Waals surface area (Å²) in [6.07, 6.45) is 0. The van der Waals surface area contributed by atoms with E-state index in [1.807, 2.05) is 11.3 Å². The smallest absolute Gasteiger partial charge is 0.0954 e. The van der Waals surface area contributed by atoms with Gasteiger partial charge in [0.25, 0.3) is 0 Å². The molecule has 0 radical (unpaired) electrons. The Morgan fingerprint density at radius 3 is 2.71 bits per heavy atom. The predicted molar refractivity (Wildman–Crippen MR) is 71.3 cm³/mol. The van der Waals surface area contributed by atoms with Crippen LogP contribution in [0, 0.1) is 11.8 Å². The first-order chi connectivity index (χ1) is 8.22. The Hall–Kier alpha value is -0.450. The van der Waals surface area contributed by atoms with Crippen molar-refractivity contribution in [2.75, 3.05) is 26.2 Å². The molecule has 2 saturated heterocycles. The van der Waals surface area contributed by atoms with Gasteiger partial charge in [-0.3, -0.25) is 4.90 Å². The molecule has 0 spiro atoms. The standard InChI is InChI=1S/C13H21N3S/c1-9(2)13-15-12(8-17-13)7-16-5-10-3-14-4-11(10)6-16/h8-11,14H,3-7H2,1-2H3. The number of aromatic nitrogens is 1. The molecule has 17 heavy (non-hydrogen) atoms. The monoisotopic (exact) mass is 251 g/mol. The number of hydrogen-bond donors (Lipinski definition) is 1. The molecule has 0 amide bonds. The molecular formula is C13H21N3S. The van der Waals surface area contributed by atoms with Gasteiger partial charge in [-0.1, -0.05) is 13.8 Å². The van der Waals surface area contributed by atoms with Gasteiger partial charge in [0.05, 0.1) is 10.7 Å². The van der Waals surface area contributed by atoms with Crippen LogP contribution in [0.4, 0.5) is 0 Å². The van der Waals surface area contributed by atoms with E-state index in [9.17, 15) is 0 Å². The van der Waals surface area contributed by atoms with Gasteiger partial charge in [0.15, 0.2) is 0 Å². The Labute approximate surface area is 107 Å². The first-order valence-corrected chi connectivity index (χ1v) is 7.47. The fraction of sp³-hybridized carbons (Fsp3) is 0.769. The summed E-state index contributed by atoms with van der Waals surface area (Å²) < 4.78 is 0. The summed E-state index contributed by atoms with van der Waals surface area (Å²) in [6.45, 7) is 10.4. The lowest BCUT2D eigenvalue weighted by Crippen LogP contribution is -2.25. The molecular weight excluding hydrogens is 230 g/mol. The highest BCUT2D eigenvalue weighted by Gasteiger charge is 2.35. The zero-order valence-corrected chi connectivity index (χ0v) is 11.5. The minimum atomic E-state index is 0.566. The zero-order valence-electron chi connectivity index (χ0n) is 10.6. The van der Waals surface area contributed by atoms with Gasteiger partial charge in [-0.2, -0.15) is 0 Å². The maximum atomic E-state index is 4.73. The number of likely N-dealkylation sites (tertiary alicyclic amines) is 1. The van der Waals surface area contributed by atoms with Crippen LogP contribution in [-0.2, 0) is 6.54 Å². The van der Waals surface area contributed by atoms with Gasteiger partial charge in [0.2, 0.25) is 0 Å². The molecule has 2 aliphatic rings. The van der Waals surface area contributed by atoms with E-state index in [1.165, 1.54) is 36.9 Å². The number of hydrogen-bond acceptors (Lipinski definition) is 4. The van der Waals surface area contributed by atoms with E-state index in [4.69, 9.17) is 4.98 Å². The molecule has 3 nitrogen and oxygen atoms in total. The van der Waals surface area contributed by atoms with Crippen molar-refractivity contribution >= 4 is 11.3 Å². The molecule has 1 N–H and O–H groups in total. The molecule has 2 fully saturated rings. The second kappa shape index (κ2) is 4.67. The molecule has 3 rings (SSSR count). The number of nitrogens with one attached hydrogen (secondary N) is 1. The molecule has 94 valence electrons. The van der Waals surface area contributed by atoms with Gasteiger partial charge in [-0.15, -0.1) is 11.3 Å². The summed E-state index contributed by atoms with van der Waals surface area (Å²) >= 11 is 1.81. The van der Waals surface area contributed by atoms with Crippen LogP contribution in [0.15, 0.2) is 5.38 Å². The second-order valence-corrected chi connectivity index (χ2v) is 6.59. The van der Waals surface area contributed by atoms with E-state index in [2.05, 4.69) is 29.4 Å². The molecule has 1 aromatic heterocycles. The van der Waals surface area contributed by atoms with Gasteiger partial charge >= 0.3 is 0 Å². The Balaban J connectivity index is 1.60. The fourth-order valence-corrected chi connectivity index (χ4v) is 3.80. The molecule has 0 aliphatic carbocycles. The molecule has 2 unspecified atom stereocenters. The minimum absolute atomic E-state index is 0.566. The molecule has 0 saturated carbocycles. The maximum Gasteiger partial charge on any atom is 0.0954 e. The molecule has 0 bridgehead atoms. The summed E-state index contributed by atoms with van der Waals surface area (Å²) in [5.74, 6) is 2.34. The second-order valence-electron chi connectivity index (χ2n) is 5.70. The molecule has 0 aromatic carbocycles. The van der Waals surface area contributed by atoms with E-state index in [1.54, 1.807) is 0 Å². The van der Waals surface area contributed by atoms with Crippen molar-refractivity contribution in [3.63, 3.8) is 0 Å². The van der Waals surface area contributed by atoms with Gasteiger partial charge < -0.3 is 5.32 Å². The van der Waals surface area contributed by atoms with Crippen molar-refractivity contribution in [2.24, 2.45) is 11.8 Å². The van der Waals surface area contributed by atoms with E-state index in [0.29, 0.717) is 5.92 Å². The zero-order chi connectivity index (χ0) is 11.8. The largest absolute Gasteiger partial charge is 0.316 e. The highest BCUT2D eigenvalue weighted by molar-refractivity contribution is 7.09. The van der Waals surface area contributed by atoms with Gasteiger partial charge in [0, 0.05) is 30.9 Å². The van der Waals surface area contributed by atoms with Crippen molar-refractivity contribution in [3.8, 4) is 0 Å². The van der Waals surface area contributed by atoms with Crippen molar-refractivity contribution in [3.05, 3.63) is 16.1 Å². The van der Waals surface area contributed by atoms with Crippen LogP contribution >= 0.6 is 11.3 Å². The topological polar surface area (TPSA) is 28.2 Å². The summed E-state index contributed by atoms with van der Waals surface area (Å²) in [6, 6.07) is 0. The van der Waals surface area contributed by atoms with E-state index < -0.39 is 0 Å². The minimum Gasteiger partial charge on any atom is -0.316 e. The molecule has 2 aliphatic heterocycles. The van der Waals surface area contributed by atoms with Crippen molar-refractivity contribution in [1.82, 2.24) is 15.2 Å². The third-order valence-electron chi connectivity index (χ3n) is 3.91. The lowest BCUT2D eigenvalue weighted by Gasteiger charge is -2.15. The average molecular weight is 251 g/mol. The summed E-state index contributed by atoms with van der Waals surface area (Å²) in [4.78, 5) is 7.31. The number of rotatable bonds is 3. The van der Waals surface area contributed by atoms with Crippen LogP contribution in [0.2, 0.25) is 0 Å². The Kier molecular flexibility index (Phi) is 3.19. The highest BCUT2D eigenvalue weighted by Crippen LogP contribution is 2.28. The first kappa shape index (κ1) is 11.6. The Bertz CT molecular complexity index is 376. The van der Waals surface area contributed by atoms with Crippen LogP contribution in [0.1, 0.15) is 30.5 Å². The van der Waals surface area contributed by atoms with Crippen molar-refractivity contribution < 1.29 is 0 Å². The summed E-state index contributed by atoms with van der Waals surface area (Å²) in [5.41, 5.74) is 1.27.